The summed E-state index contributed by atoms with van der Waals surface area (Å²) in [5, 5.41) is 3.49. The van der Waals surface area contributed by atoms with E-state index in [0.29, 0.717) is 17.2 Å². The van der Waals surface area contributed by atoms with Gasteiger partial charge in [-0.1, -0.05) is 12.1 Å². The Morgan fingerprint density at radius 2 is 1.26 bits per heavy atom. The molecule has 2 unspecified atom stereocenters. The highest BCUT2D eigenvalue weighted by atomic mass is 16.5. The Kier molecular flexibility index (Phi) is 4.30. The third-order valence-corrected chi connectivity index (χ3v) is 4.10. The van der Waals surface area contributed by atoms with Gasteiger partial charge in [-0.15, -0.1) is 0 Å². The Morgan fingerprint density at radius 3 is 1.74 bits per heavy atom. The molecule has 1 heterocycles. The minimum absolute atomic E-state index is 0.233. The van der Waals surface area contributed by atoms with E-state index in [9.17, 15) is 0 Å². The van der Waals surface area contributed by atoms with E-state index in [4.69, 9.17) is 18.9 Å². The molecule has 0 radical (unpaired) electrons. The summed E-state index contributed by atoms with van der Waals surface area (Å²) in [7, 11) is 6.53. The molecule has 23 heavy (non-hydrogen) atoms. The van der Waals surface area contributed by atoms with E-state index in [1.165, 1.54) is 5.56 Å². The zero-order valence-electron chi connectivity index (χ0n) is 13.8. The van der Waals surface area contributed by atoms with Gasteiger partial charge in [0.25, 0.3) is 0 Å². The molecule has 0 amide bonds. The molecule has 5 heteroatoms. The van der Waals surface area contributed by atoms with E-state index < -0.39 is 0 Å². The van der Waals surface area contributed by atoms with Crippen LogP contribution in [-0.4, -0.2) is 28.4 Å². The lowest BCUT2D eigenvalue weighted by Gasteiger charge is -2.13. The number of methoxy groups -OCH3 is 4. The molecule has 1 fully saturated rings. The van der Waals surface area contributed by atoms with Gasteiger partial charge in [0.1, 0.15) is 5.75 Å². The van der Waals surface area contributed by atoms with Crippen LogP contribution in [0.3, 0.4) is 0 Å². The van der Waals surface area contributed by atoms with Crippen LogP contribution in [0.1, 0.15) is 23.2 Å². The Morgan fingerprint density at radius 1 is 0.696 bits per heavy atom. The summed E-state index contributed by atoms with van der Waals surface area (Å²) in [6.45, 7) is 0. The molecule has 1 saturated heterocycles. The first-order valence-electron chi connectivity index (χ1n) is 7.41. The molecule has 2 aromatic carbocycles. The minimum Gasteiger partial charge on any atom is -0.497 e. The Labute approximate surface area is 136 Å². The lowest BCUT2D eigenvalue weighted by Crippen LogP contribution is -1.97. The summed E-state index contributed by atoms with van der Waals surface area (Å²) in [5.41, 5.74) is 2.34. The lowest BCUT2D eigenvalue weighted by molar-refractivity contribution is 0.323. The van der Waals surface area contributed by atoms with Crippen molar-refractivity contribution in [3.63, 3.8) is 0 Å². The maximum Gasteiger partial charge on any atom is 0.203 e. The normalized spacial score (nSPS) is 19.1. The SMILES string of the molecule is COc1ccc(C2NC2c2cc(OC)c(OC)c(OC)c2)cc1. The van der Waals surface area contributed by atoms with Crippen molar-refractivity contribution in [2.45, 2.75) is 12.1 Å². The number of nitrogens with one attached hydrogen (secondary N) is 1. The second kappa shape index (κ2) is 6.38. The zero-order valence-corrected chi connectivity index (χ0v) is 13.8. The minimum atomic E-state index is 0.233. The van der Waals surface area contributed by atoms with E-state index in [0.717, 1.165) is 11.3 Å². The van der Waals surface area contributed by atoms with Gasteiger partial charge in [-0.25, -0.2) is 0 Å². The molecule has 1 aliphatic heterocycles. The van der Waals surface area contributed by atoms with Crippen LogP contribution in [0.5, 0.6) is 23.0 Å². The van der Waals surface area contributed by atoms with Crippen molar-refractivity contribution in [3.8, 4) is 23.0 Å². The first-order valence-corrected chi connectivity index (χ1v) is 7.41. The van der Waals surface area contributed by atoms with Crippen LogP contribution in [-0.2, 0) is 0 Å². The van der Waals surface area contributed by atoms with Crippen LogP contribution in [0.4, 0.5) is 0 Å². The summed E-state index contributed by atoms with van der Waals surface area (Å²) in [5.74, 6) is 2.81. The largest absolute Gasteiger partial charge is 0.497 e. The van der Waals surface area contributed by atoms with Crippen LogP contribution in [0.15, 0.2) is 36.4 Å². The fraction of sp³-hybridized carbons (Fsp3) is 0.333. The highest BCUT2D eigenvalue weighted by Gasteiger charge is 2.39. The van der Waals surface area contributed by atoms with Gasteiger partial charge in [0.05, 0.1) is 40.5 Å². The predicted octanol–water partition coefficient (Wildman–Crippen LogP) is 3.11. The Hall–Kier alpha value is -2.40. The fourth-order valence-corrected chi connectivity index (χ4v) is 2.81. The standard InChI is InChI=1S/C18H21NO4/c1-20-13-7-5-11(6-8-13)16-17(19-16)12-9-14(21-2)18(23-4)15(10-12)22-3/h5-10,16-17,19H,1-4H3. The van der Waals surface area contributed by atoms with Gasteiger partial charge in [0.2, 0.25) is 5.75 Å². The molecule has 2 atom stereocenters. The third-order valence-electron chi connectivity index (χ3n) is 4.10. The summed E-state index contributed by atoms with van der Waals surface area (Å²) >= 11 is 0. The van der Waals surface area contributed by atoms with Crippen molar-refractivity contribution in [2.75, 3.05) is 28.4 Å². The van der Waals surface area contributed by atoms with Gasteiger partial charge >= 0.3 is 0 Å². The van der Waals surface area contributed by atoms with E-state index in [1.807, 2.05) is 24.3 Å². The van der Waals surface area contributed by atoms with Crippen molar-refractivity contribution >= 4 is 0 Å². The van der Waals surface area contributed by atoms with E-state index in [-0.39, 0.29) is 12.1 Å². The summed E-state index contributed by atoms with van der Waals surface area (Å²) < 4.78 is 21.4. The molecule has 0 aromatic heterocycles. The van der Waals surface area contributed by atoms with Crippen molar-refractivity contribution < 1.29 is 18.9 Å². The molecular weight excluding hydrogens is 294 g/mol. The Bertz CT molecular complexity index is 659. The average Bonchev–Trinajstić information content (AvgIpc) is 3.41. The highest BCUT2D eigenvalue weighted by Crippen LogP contribution is 2.47. The molecule has 1 N–H and O–H groups in total. The molecule has 2 aromatic rings. The van der Waals surface area contributed by atoms with Crippen molar-refractivity contribution in [1.29, 1.82) is 0 Å². The van der Waals surface area contributed by atoms with Crippen molar-refractivity contribution in [1.82, 2.24) is 5.32 Å². The van der Waals surface area contributed by atoms with Crippen LogP contribution >= 0.6 is 0 Å². The van der Waals surface area contributed by atoms with Crippen LogP contribution in [0.2, 0.25) is 0 Å². The molecule has 1 aliphatic rings. The second-order valence-electron chi connectivity index (χ2n) is 5.35. The van der Waals surface area contributed by atoms with Gasteiger partial charge in [-0.3, -0.25) is 5.32 Å². The van der Waals surface area contributed by atoms with Crippen LogP contribution in [0.25, 0.3) is 0 Å². The van der Waals surface area contributed by atoms with Gasteiger partial charge < -0.3 is 18.9 Å². The average molecular weight is 315 g/mol. The Balaban J connectivity index is 1.85. The summed E-state index contributed by atoms with van der Waals surface area (Å²) in [4.78, 5) is 0. The third kappa shape index (κ3) is 2.92. The van der Waals surface area contributed by atoms with Crippen LogP contribution < -0.4 is 24.3 Å². The molecule has 0 bridgehead atoms. The molecular formula is C18H21NO4. The van der Waals surface area contributed by atoms with Gasteiger partial charge in [0.15, 0.2) is 11.5 Å². The molecule has 122 valence electrons. The first kappa shape index (κ1) is 15.5. The van der Waals surface area contributed by atoms with Crippen LogP contribution in [0, 0.1) is 0 Å². The molecule has 5 nitrogen and oxygen atoms in total. The van der Waals surface area contributed by atoms with Gasteiger partial charge in [-0.05, 0) is 35.4 Å². The quantitative estimate of drug-likeness (QED) is 0.830. The maximum atomic E-state index is 5.42. The topological polar surface area (TPSA) is 58.9 Å². The lowest BCUT2D eigenvalue weighted by atomic mass is 10.0. The summed E-state index contributed by atoms with van der Waals surface area (Å²) in [6.07, 6.45) is 0. The number of rotatable bonds is 6. The maximum absolute atomic E-state index is 5.42. The molecule has 3 rings (SSSR count). The number of ether oxygens (including phenoxy) is 4. The summed E-state index contributed by atoms with van der Waals surface area (Å²) in [6, 6.07) is 12.6. The van der Waals surface area contributed by atoms with E-state index >= 15 is 0 Å². The number of hydrogen-bond donors (Lipinski definition) is 1. The van der Waals surface area contributed by atoms with Crippen molar-refractivity contribution in [2.24, 2.45) is 0 Å². The second-order valence-corrected chi connectivity index (χ2v) is 5.35. The van der Waals surface area contributed by atoms with Gasteiger partial charge in [-0.2, -0.15) is 0 Å². The zero-order chi connectivity index (χ0) is 16.4. The molecule has 0 saturated carbocycles. The molecule has 0 aliphatic carbocycles. The number of benzene rings is 2. The van der Waals surface area contributed by atoms with E-state index in [2.05, 4.69) is 17.4 Å². The predicted molar refractivity (Wildman–Crippen MR) is 87.7 cm³/mol. The van der Waals surface area contributed by atoms with E-state index in [1.54, 1.807) is 28.4 Å². The first-order chi connectivity index (χ1) is 11.2. The van der Waals surface area contributed by atoms with Crippen molar-refractivity contribution in [3.05, 3.63) is 47.5 Å². The fourth-order valence-electron chi connectivity index (χ4n) is 2.81. The monoisotopic (exact) mass is 315 g/mol. The molecule has 0 spiro atoms. The number of hydrogen-bond acceptors (Lipinski definition) is 5. The van der Waals surface area contributed by atoms with Gasteiger partial charge in [0, 0.05) is 0 Å². The smallest absolute Gasteiger partial charge is 0.203 e. The highest BCUT2D eigenvalue weighted by molar-refractivity contribution is 5.55.